The van der Waals surface area contributed by atoms with Gasteiger partial charge in [0.25, 0.3) is 0 Å². The maximum absolute atomic E-state index is 3.68. The third kappa shape index (κ3) is 1.65. The summed E-state index contributed by atoms with van der Waals surface area (Å²) >= 11 is 1.90. The number of thiophene rings is 1. The normalized spacial score (nSPS) is 28.1. The largest absolute Gasteiger partial charge is 0.307 e. The van der Waals surface area contributed by atoms with Gasteiger partial charge in [-0.1, -0.05) is 19.4 Å². The molecule has 0 aromatic carbocycles. The Morgan fingerprint density at radius 3 is 3.08 bits per heavy atom. The Morgan fingerprint density at radius 2 is 2.54 bits per heavy atom. The zero-order valence-corrected chi connectivity index (χ0v) is 8.99. The van der Waals surface area contributed by atoms with Crippen molar-refractivity contribution in [3.05, 3.63) is 22.4 Å². The van der Waals surface area contributed by atoms with Gasteiger partial charge in [0.1, 0.15) is 0 Å². The molecule has 0 radical (unpaired) electrons. The van der Waals surface area contributed by atoms with Gasteiger partial charge in [0.2, 0.25) is 0 Å². The first-order valence-corrected chi connectivity index (χ1v) is 6.04. The summed E-state index contributed by atoms with van der Waals surface area (Å²) in [6.45, 7) is 3.47. The standard InChI is InChI=1S/C11H17NS/c1-2-6-11(7-4-8-12-11)10-5-3-9-13-10/h3,5,9,12H,2,4,6-8H2,1H3. The van der Waals surface area contributed by atoms with E-state index >= 15 is 0 Å². The molecule has 0 saturated carbocycles. The molecule has 1 saturated heterocycles. The maximum atomic E-state index is 3.68. The lowest BCUT2D eigenvalue weighted by Gasteiger charge is -2.28. The first-order chi connectivity index (χ1) is 6.37. The van der Waals surface area contributed by atoms with Crippen LogP contribution >= 0.6 is 11.3 Å². The van der Waals surface area contributed by atoms with Crippen LogP contribution in [0.1, 0.15) is 37.5 Å². The molecule has 1 unspecified atom stereocenters. The second kappa shape index (κ2) is 3.81. The van der Waals surface area contributed by atoms with Crippen molar-refractivity contribution in [2.24, 2.45) is 0 Å². The Hall–Kier alpha value is -0.340. The molecule has 1 aliphatic heterocycles. The van der Waals surface area contributed by atoms with Crippen LogP contribution in [0.3, 0.4) is 0 Å². The van der Waals surface area contributed by atoms with E-state index in [-0.39, 0.29) is 0 Å². The molecule has 2 rings (SSSR count). The van der Waals surface area contributed by atoms with E-state index in [0.29, 0.717) is 5.54 Å². The zero-order chi connectivity index (χ0) is 9.15. The molecule has 0 aliphatic carbocycles. The fraction of sp³-hybridized carbons (Fsp3) is 0.636. The summed E-state index contributed by atoms with van der Waals surface area (Å²) < 4.78 is 0. The van der Waals surface area contributed by atoms with Crippen LogP contribution in [0.2, 0.25) is 0 Å². The molecule has 13 heavy (non-hydrogen) atoms. The molecule has 1 N–H and O–H groups in total. The van der Waals surface area contributed by atoms with E-state index < -0.39 is 0 Å². The molecule has 1 aromatic rings. The predicted octanol–water partition coefficient (Wildman–Crippen LogP) is 3.13. The van der Waals surface area contributed by atoms with Crippen molar-refractivity contribution in [1.82, 2.24) is 5.32 Å². The van der Waals surface area contributed by atoms with Crippen LogP contribution in [-0.4, -0.2) is 6.54 Å². The molecule has 1 aromatic heterocycles. The molecule has 1 fully saturated rings. The van der Waals surface area contributed by atoms with E-state index in [1.165, 1.54) is 37.1 Å². The molecule has 72 valence electrons. The van der Waals surface area contributed by atoms with Crippen molar-refractivity contribution < 1.29 is 0 Å². The summed E-state index contributed by atoms with van der Waals surface area (Å²) in [6, 6.07) is 4.44. The minimum absolute atomic E-state index is 0.336. The Balaban J connectivity index is 2.22. The van der Waals surface area contributed by atoms with Gasteiger partial charge in [0, 0.05) is 4.88 Å². The number of hydrogen-bond acceptors (Lipinski definition) is 2. The summed E-state index contributed by atoms with van der Waals surface area (Å²) in [4.78, 5) is 1.53. The highest BCUT2D eigenvalue weighted by molar-refractivity contribution is 7.10. The van der Waals surface area contributed by atoms with Gasteiger partial charge < -0.3 is 5.32 Å². The van der Waals surface area contributed by atoms with E-state index in [9.17, 15) is 0 Å². The van der Waals surface area contributed by atoms with Gasteiger partial charge >= 0.3 is 0 Å². The van der Waals surface area contributed by atoms with Gasteiger partial charge in [-0.25, -0.2) is 0 Å². The number of hydrogen-bond donors (Lipinski definition) is 1. The van der Waals surface area contributed by atoms with E-state index in [0.717, 1.165) is 0 Å². The zero-order valence-electron chi connectivity index (χ0n) is 8.18. The van der Waals surface area contributed by atoms with E-state index in [1.54, 1.807) is 0 Å². The van der Waals surface area contributed by atoms with Crippen LogP contribution in [-0.2, 0) is 5.54 Å². The highest BCUT2D eigenvalue weighted by atomic mass is 32.1. The monoisotopic (exact) mass is 195 g/mol. The molecular formula is C11H17NS. The first kappa shape index (κ1) is 9.22. The average molecular weight is 195 g/mol. The highest BCUT2D eigenvalue weighted by Gasteiger charge is 2.34. The van der Waals surface area contributed by atoms with E-state index in [4.69, 9.17) is 0 Å². The summed E-state index contributed by atoms with van der Waals surface area (Å²) in [6.07, 6.45) is 5.21. The highest BCUT2D eigenvalue weighted by Crippen LogP contribution is 2.37. The fourth-order valence-electron chi connectivity index (χ4n) is 2.33. The van der Waals surface area contributed by atoms with E-state index in [2.05, 4.69) is 29.8 Å². The molecule has 2 heteroatoms. The maximum Gasteiger partial charge on any atom is 0.0529 e. The van der Waals surface area contributed by atoms with Crippen LogP contribution in [0, 0.1) is 0 Å². The average Bonchev–Trinajstić information content (AvgIpc) is 2.73. The van der Waals surface area contributed by atoms with Crippen molar-refractivity contribution in [2.75, 3.05) is 6.54 Å². The molecule has 0 spiro atoms. The second-order valence-electron chi connectivity index (χ2n) is 3.84. The van der Waals surface area contributed by atoms with E-state index in [1.807, 2.05) is 11.3 Å². The molecule has 0 amide bonds. The minimum Gasteiger partial charge on any atom is -0.307 e. The summed E-state index contributed by atoms with van der Waals surface area (Å²) in [5.74, 6) is 0. The van der Waals surface area contributed by atoms with Crippen LogP contribution in [0.25, 0.3) is 0 Å². The van der Waals surface area contributed by atoms with Crippen LogP contribution in [0.4, 0.5) is 0 Å². The van der Waals surface area contributed by atoms with Crippen molar-refractivity contribution in [1.29, 1.82) is 0 Å². The predicted molar refractivity (Wildman–Crippen MR) is 58.1 cm³/mol. The Labute approximate surface area is 84.2 Å². The van der Waals surface area contributed by atoms with Crippen molar-refractivity contribution >= 4 is 11.3 Å². The van der Waals surface area contributed by atoms with Crippen molar-refractivity contribution in [2.45, 2.75) is 38.1 Å². The van der Waals surface area contributed by atoms with Crippen molar-refractivity contribution in [3.8, 4) is 0 Å². The van der Waals surface area contributed by atoms with Crippen molar-refractivity contribution in [3.63, 3.8) is 0 Å². The number of nitrogens with one attached hydrogen (secondary N) is 1. The van der Waals surface area contributed by atoms with Gasteiger partial charge in [0.15, 0.2) is 0 Å². The second-order valence-corrected chi connectivity index (χ2v) is 4.79. The molecular weight excluding hydrogens is 178 g/mol. The minimum atomic E-state index is 0.336. The van der Waals surface area contributed by atoms with Crippen LogP contribution in [0.5, 0.6) is 0 Å². The fourth-order valence-corrected chi connectivity index (χ4v) is 3.29. The van der Waals surface area contributed by atoms with Gasteiger partial charge in [-0.2, -0.15) is 0 Å². The lowest BCUT2D eigenvalue weighted by atomic mass is 9.90. The molecule has 0 bridgehead atoms. The topological polar surface area (TPSA) is 12.0 Å². The first-order valence-electron chi connectivity index (χ1n) is 5.16. The third-order valence-corrected chi connectivity index (χ3v) is 3.99. The molecule has 1 atom stereocenters. The lowest BCUT2D eigenvalue weighted by Crippen LogP contribution is -2.35. The quantitative estimate of drug-likeness (QED) is 0.781. The summed E-state index contributed by atoms with van der Waals surface area (Å²) in [5, 5.41) is 5.87. The third-order valence-electron chi connectivity index (χ3n) is 2.91. The Kier molecular flexibility index (Phi) is 2.70. The van der Waals surface area contributed by atoms with Gasteiger partial charge in [-0.3, -0.25) is 0 Å². The van der Waals surface area contributed by atoms with Gasteiger partial charge in [-0.05, 0) is 37.3 Å². The Bertz CT molecular complexity index is 247. The van der Waals surface area contributed by atoms with Crippen LogP contribution < -0.4 is 5.32 Å². The van der Waals surface area contributed by atoms with Crippen LogP contribution in [0.15, 0.2) is 17.5 Å². The van der Waals surface area contributed by atoms with Gasteiger partial charge in [0.05, 0.1) is 5.54 Å². The SMILES string of the molecule is CCCC1(c2cccs2)CCCN1. The Morgan fingerprint density at radius 1 is 1.62 bits per heavy atom. The molecule has 2 heterocycles. The summed E-state index contributed by atoms with van der Waals surface area (Å²) in [7, 11) is 0. The van der Waals surface area contributed by atoms with Gasteiger partial charge in [-0.15, -0.1) is 11.3 Å². The molecule has 1 nitrogen and oxygen atoms in total. The smallest absolute Gasteiger partial charge is 0.0529 e. The summed E-state index contributed by atoms with van der Waals surface area (Å²) in [5.41, 5.74) is 0.336. The molecule has 1 aliphatic rings. The number of rotatable bonds is 3. The lowest BCUT2D eigenvalue weighted by molar-refractivity contribution is 0.363.